The molecule has 5 nitrogen and oxygen atoms in total. The summed E-state index contributed by atoms with van der Waals surface area (Å²) >= 11 is 0. The van der Waals surface area contributed by atoms with Gasteiger partial charge in [0.2, 0.25) is 0 Å². The zero-order chi connectivity index (χ0) is 11.6. The molecule has 0 aliphatic carbocycles. The first-order valence-electron chi connectivity index (χ1n) is 5.15. The van der Waals surface area contributed by atoms with Crippen molar-refractivity contribution < 1.29 is 13.5 Å². The van der Waals surface area contributed by atoms with E-state index in [4.69, 9.17) is 0 Å². The summed E-state index contributed by atoms with van der Waals surface area (Å²) < 4.78 is 27.5. The molecule has 16 heavy (non-hydrogen) atoms. The minimum absolute atomic E-state index is 0.0432. The Balaban J connectivity index is 2.14. The van der Waals surface area contributed by atoms with Gasteiger partial charge in [0, 0.05) is 19.2 Å². The number of hydrogen-bond donors (Lipinski definition) is 2. The Labute approximate surface area is 94.9 Å². The molecular formula is C10H14N2O3S. The van der Waals surface area contributed by atoms with Crippen molar-refractivity contribution in [3.8, 4) is 5.75 Å². The molecule has 0 radical (unpaired) electrons. The van der Waals surface area contributed by atoms with E-state index in [1.54, 1.807) is 12.1 Å². The van der Waals surface area contributed by atoms with Crippen molar-refractivity contribution >= 4 is 15.9 Å². The second-order valence-corrected chi connectivity index (χ2v) is 5.43. The average Bonchev–Trinajstić information content (AvgIpc) is 2.69. The van der Waals surface area contributed by atoms with Crippen molar-refractivity contribution in [1.29, 1.82) is 0 Å². The predicted molar refractivity (Wildman–Crippen MR) is 61.5 cm³/mol. The second kappa shape index (κ2) is 4.31. The maximum atomic E-state index is 11.8. The number of benzene rings is 1. The number of nitrogens with zero attached hydrogens (tertiary/aromatic N) is 1. The normalized spacial score (nSPS) is 17.5. The van der Waals surface area contributed by atoms with Gasteiger partial charge in [-0.25, -0.2) is 0 Å². The molecule has 0 atom stereocenters. The molecule has 0 amide bonds. The molecular weight excluding hydrogens is 228 g/mol. The van der Waals surface area contributed by atoms with Crippen LogP contribution in [0.1, 0.15) is 12.8 Å². The van der Waals surface area contributed by atoms with Gasteiger partial charge in [-0.1, -0.05) is 6.07 Å². The lowest BCUT2D eigenvalue weighted by atomic mass is 10.3. The van der Waals surface area contributed by atoms with Gasteiger partial charge in [-0.3, -0.25) is 4.72 Å². The highest BCUT2D eigenvalue weighted by Gasteiger charge is 2.24. The quantitative estimate of drug-likeness (QED) is 0.835. The van der Waals surface area contributed by atoms with Crippen LogP contribution >= 0.6 is 0 Å². The first-order chi connectivity index (χ1) is 7.58. The third kappa shape index (κ3) is 2.45. The number of rotatable bonds is 3. The molecule has 1 aliphatic rings. The summed E-state index contributed by atoms with van der Waals surface area (Å²) in [6, 6.07) is 6.08. The first-order valence-corrected chi connectivity index (χ1v) is 6.59. The topological polar surface area (TPSA) is 69.6 Å². The van der Waals surface area contributed by atoms with Crippen LogP contribution in [0.2, 0.25) is 0 Å². The van der Waals surface area contributed by atoms with Crippen molar-refractivity contribution in [3.05, 3.63) is 24.3 Å². The lowest BCUT2D eigenvalue weighted by molar-refractivity contribution is 0.475. The maximum Gasteiger partial charge on any atom is 0.301 e. The first kappa shape index (κ1) is 11.2. The Morgan fingerprint density at radius 1 is 1.25 bits per heavy atom. The van der Waals surface area contributed by atoms with Crippen molar-refractivity contribution in [2.24, 2.45) is 0 Å². The Morgan fingerprint density at radius 3 is 2.56 bits per heavy atom. The van der Waals surface area contributed by atoms with Crippen molar-refractivity contribution in [2.45, 2.75) is 12.8 Å². The van der Waals surface area contributed by atoms with Gasteiger partial charge < -0.3 is 5.11 Å². The summed E-state index contributed by atoms with van der Waals surface area (Å²) in [5.74, 6) is 0.0432. The van der Waals surface area contributed by atoms with E-state index >= 15 is 0 Å². The Hall–Kier alpha value is -1.27. The van der Waals surface area contributed by atoms with Crippen LogP contribution in [0.4, 0.5) is 5.69 Å². The van der Waals surface area contributed by atoms with E-state index in [9.17, 15) is 13.5 Å². The van der Waals surface area contributed by atoms with E-state index in [1.807, 2.05) is 0 Å². The van der Waals surface area contributed by atoms with E-state index in [1.165, 1.54) is 16.4 Å². The highest BCUT2D eigenvalue weighted by Crippen LogP contribution is 2.19. The van der Waals surface area contributed by atoms with E-state index in [0.717, 1.165) is 12.8 Å². The van der Waals surface area contributed by atoms with Crippen LogP contribution in [-0.2, 0) is 10.2 Å². The Bertz CT molecular complexity index is 467. The Kier molecular flexibility index (Phi) is 3.02. The zero-order valence-electron chi connectivity index (χ0n) is 8.76. The molecule has 1 heterocycles. The molecule has 1 fully saturated rings. The van der Waals surface area contributed by atoms with Crippen molar-refractivity contribution in [2.75, 3.05) is 17.8 Å². The number of hydrogen-bond acceptors (Lipinski definition) is 3. The third-order valence-corrected chi connectivity index (χ3v) is 4.04. The van der Waals surface area contributed by atoms with Crippen molar-refractivity contribution in [1.82, 2.24) is 4.31 Å². The summed E-state index contributed by atoms with van der Waals surface area (Å²) in [4.78, 5) is 0. The number of aromatic hydroxyl groups is 1. The summed E-state index contributed by atoms with van der Waals surface area (Å²) in [6.45, 7) is 1.13. The van der Waals surface area contributed by atoms with Gasteiger partial charge in [-0.2, -0.15) is 12.7 Å². The lowest BCUT2D eigenvalue weighted by Gasteiger charge is -2.16. The summed E-state index contributed by atoms with van der Waals surface area (Å²) in [7, 11) is -3.46. The van der Waals surface area contributed by atoms with Gasteiger partial charge in [-0.05, 0) is 25.0 Å². The van der Waals surface area contributed by atoms with Gasteiger partial charge >= 0.3 is 10.2 Å². The van der Waals surface area contributed by atoms with Crippen LogP contribution in [0.3, 0.4) is 0 Å². The number of anilines is 1. The molecule has 1 saturated heterocycles. The van der Waals surface area contributed by atoms with E-state index in [2.05, 4.69) is 4.72 Å². The monoisotopic (exact) mass is 242 g/mol. The zero-order valence-corrected chi connectivity index (χ0v) is 9.57. The number of nitrogens with one attached hydrogen (secondary N) is 1. The molecule has 0 aromatic heterocycles. The van der Waals surface area contributed by atoms with Crippen LogP contribution in [-0.4, -0.2) is 30.9 Å². The fraction of sp³-hybridized carbons (Fsp3) is 0.400. The van der Waals surface area contributed by atoms with Gasteiger partial charge in [0.25, 0.3) is 0 Å². The molecule has 0 bridgehead atoms. The van der Waals surface area contributed by atoms with Gasteiger partial charge in [-0.15, -0.1) is 0 Å². The summed E-state index contributed by atoms with van der Waals surface area (Å²) in [6.07, 6.45) is 1.81. The molecule has 2 rings (SSSR count). The Morgan fingerprint density at radius 2 is 1.94 bits per heavy atom. The lowest BCUT2D eigenvalue weighted by Crippen LogP contribution is -2.33. The van der Waals surface area contributed by atoms with Crippen LogP contribution in [0, 0.1) is 0 Å². The molecule has 1 aliphatic heterocycles. The molecule has 0 unspecified atom stereocenters. The fourth-order valence-electron chi connectivity index (χ4n) is 1.71. The SMILES string of the molecule is O=S(=O)(Nc1cccc(O)c1)N1CCCC1. The van der Waals surface area contributed by atoms with Gasteiger partial charge in [0.1, 0.15) is 5.75 Å². The molecule has 88 valence electrons. The minimum atomic E-state index is -3.46. The minimum Gasteiger partial charge on any atom is -0.508 e. The molecule has 6 heteroatoms. The predicted octanol–water partition coefficient (Wildman–Crippen LogP) is 1.14. The van der Waals surface area contributed by atoms with Crippen LogP contribution in [0.15, 0.2) is 24.3 Å². The molecule has 0 spiro atoms. The van der Waals surface area contributed by atoms with Crippen LogP contribution in [0.25, 0.3) is 0 Å². The van der Waals surface area contributed by atoms with Crippen LogP contribution in [0.5, 0.6) is 5.75 Å². The number of phenols is 1. The molecule has 1 aromatic carbocycles. The maximum absolute atomic E-state index is 11.8. The highest BCUT2D eigenvalue weighted by molar-refractivity contribution is 7.90. The molecule has 1 aromatic rings. The fourth-order valence-corrected chi connectivity index (χ4v) is 3.00. The third-order valence-electron chi connectivity index (χ3n) is 2.50. The largest absolute Gasteiger partial charge is 0.508 e. The standard InChI is InChI=1S/C10H14N2O3S/c13-10-5-3-4-9(8-10)11-16(14,15)12-6-1-2-7-12/h3-5,8,11,13H,1-2,6-7H2. The van der Waals surface area contributed by atoms with Gasteiger partial charge in [0.15, 0.2) is 0 Å². The van der Waals surface area contributed by atoms with E-state index in [-0.39, 0.29) is 5.75 Å². The average molecular weight is 242 g/mol. The van der Waals surface area contributed by atoms with E-state index < -0.39 is 10.2 Å². The van der Waals surface area contributed by atoms with E-state index in [0.29, 0.717) is 18.8 Å². The number of phenolic OH excluding ortho intramolecular Hbond substituents is 1. The summed E-state index contributed by atoms with van der Waals surface area (Å²) in [5.41, 5.74) is 0.381. The highest BCUT2D eigenvalue weighted by atomic mass is 32.2. The molecule has 2 N–H and O–H groups in total. The van der Waals surface area contributed by atoms with Crippen LogP contribution < -0.4 is 4.72 Å². The second-order valence-electron chi connectivity index (χ2n) is 3.76. The summed E-state index contributed by atoms with van der Waals surface area (Å²) in [5, 5.41) is 9.23. The smallest absolute Gasteiger partial charge is 0.301 e. The van der Waals surface area contributed by atoms with Crippen molar-refractivity contribution in [3.63, 3.8) is 0 Å². The van der Waals surface area contributed by atoms with Gasteiger partial charge in [0.05, 0.1) is 5.69 Å². The molecule has 0 saturated carbocycles.